The molecule has 3 aromatic rings. The Morgan fingerprint density at radius 2 is 1.64 bits per heavy atom. The van der Waals surface area contributed by atoms with Gasteiger partial charge in [0, 0.05) is 17.1 Å². The molecule has 2 amide bonds. The molecule has 8 nitrogen and oxygen atoms in total. The van der Waals surface area contributed by atoms with Crippen molar-refractivity contribution in [3.8, 4) is 5.75 Å². The van der Waals surface area contributed by atoms with E-state index in [0.29, 0.717) is 6.42 Å². The van der Waals surface area contributed by atoms with Crippen LogP contribution in [0.5, 0.6) is 5.75 Å². The van der Waals surface area contributed by atoms with E-state index in [9.17, 15) is 18.0 Å². The highest BCUT2D eigenvalue weighted by molar-refractivity contribution is 7.92. The number of hydrogen-bond acceptors (Lipinski definition) is 5. The van der Waals surface area contributed by atoms with E-state index in [-0.39, 0.29) is 33.8 Å². The third-order valence-corrected chi connectivity index (χ3v) is 8.79. The minimum Gasteiger partial charge on any atom is -0.495 e. The summed E-state index contributed by atoms with van der Waals surface area (Å²) in [6, 6.07) is 17.7. The molecule has 0 radical (unpaired) electrons. The van der Waals surface area contributed by atoms with Crippen molar-refractivity contribution in [2.45, 2.75) is 71.0 Å². The topological polar surface area (TPSA) is 96.0 Å². The van der Waals surface area contributed by atoms with E-state index in [4.69, 9.17) is 16.3 Å². The molecule has 0 aliphatic carbocycles. The number of halogens is 1. The molecule has 42 heavy (non-hydrogen) atoms. The molecule has 3 aromatic carbocycles. The predicted octanol–water partition coefficient (Wildman–Crippen LogP) is 5.88. The lowest BCUT2D eigenvalue weighted by Crippen LogP contribution is -2.55. The lowest BCUT2D eigenvalue weighted by Gasteiger charge is -2.35. The maximum absolute atomic E-state index is 14.3. The lowest BCUT2D eigenvalue weighted by atomic mass is 10.0. The highest BCUT2D eigenvalue weighted by atomic mass is 35.5. The number of carbonyl (C=O) groups is 2. The van der Waals surface area contributed by atoms with Crippen LogP contribution in [0.1, 0.15) is 50.8 Å². The zero-order valence-corrected chi connectivity index (χ0v) is 26.8. The van der Waals surface area contributed by atoms with Gasteiger partial charge < -0.3 is 15.0 Å². The van der Waals surface area contributed by atoms with E-state index in [1.807, 2.05) is 65.8 Å². The highest BCUT2D eigenvalue weighted by Crippen LogP contribution is 2.35. The largest absolute Gasteiger partial charge is 0.495 e. The van der Waals surface area contributed by atoms with E-state index in [2.05, 4.69) is 5.32 Å². The fourth-order valence-electron chi connectivity index (χ4n) is 4.55. The van der Waals surface area contributed by atoms with Gasteiger partial charge in [-0.2, -0.15) is 0 Å². The SMILES string of the molecule is CCC(C(=O)NC(C)(C)C)N(Cc1ccccc1C)C(=O)CN(c1cc(Cl)ccc1OC)S(=O)(=O)c1ccc(C)cc1. The summed E-state index contributed by atoms with van der Waals surface area (Å²) >= 11 is 6.31. The Labute approximate surface area is 254 Å². The second-order valence-corrected chi connectivity index (χ2v) is 13.6. The molecule has 226 valence electrons. The van der Waals surface area contributed by atoms with Crippen LogP contribution in [-0.2, 0) is 26.2 Å². The van der Waals surface area contributed by atoms with Gasteiger partial charge in [0.25, 0.3) is 10.0 Å². The number of nitrogens with one attached hydrogen (secondary N) is 1. The number of amides is 2. The van der Waals surface area contributed by atoms with Crippen LogP contribution in [0.15, 0.2) is 71.6 Å². The Kier molecular flexibility index (Phi) is 10.7. The van der Waals surface area contributed by atoms with Crippen molar-refractivity contribution in [3.05, 3.63) is 88.4 Å². The van der Waals surface area contributed by atoms with Crippen LogP contribution in [0.3, 0.4) is 0 Å². The summed E-state index contributed by atoms with van der Waals surface area (Å²) < 4.78 is 34.8. The molecule has 0 heterocycles. The molecule has 0 fully saturated rings. The summed E-state index contributed by atoms with van der Waals surface area (Å²) in [4.78, 5) is 29.2. The standard InChI is InChI=1S/C32H40ClN3O5S/c1-8-27(31(38)34-32(4,5)6)35(20-24-12-10-9-11-23(24)3)30(37)21-36(28-19-25(33)15-18-29(28)41-7)42(39,40)26-16-13-22(2)14-17-26/h9-19,27H,8,20-21H2,1-7H3,(H,34,38). The van der Waals surface area contributed by atoms with Gasteiger partial charge in [0.15, 0.2) is 0 Å². The molecule has 0 bridgehead atoms. The van der Waals surface area contributed by atoms with Gasteiger partial charge in [0.2, 0.25) is 11.8 Å². The van der Waals surface area contributed by atoms with Gasteiger partial charge in [-0.3, -0.25) is 13.9 Å². The molecule has 1 N–H and O–H groups in total. The molecule has 10 heteroatoms. The number of benzene rings is 3. The quantitative estimate of drug-likeness (QED) is 0.291. The number of nitrogens with zero attached hydrogens (tertiary/aromatic N) is 2. The molecule has 3 rings (SSSR count). The second-order valence-electron chi connectivity index (χ2n) is 11.3. The predicted molar refractivity (Wildman–Crippen MR) is 167 cm³/mol. The summed E-state index contributed by atoms with van der Waals surface area (Å²) in [6.45, 7) is 10.7. The van der Waals surface area contributed by atoms with Crippen LogP contribution in [-0.4, -0.2) is 50.4 Å². The Morgan fingerprint density at radius 3 is 2.21 bits per heavy atom. The van der Waals surface area contributed by atoms with E-state index >= 15 is 0 Å². The first kappa shape index (κ1) is 32.9. The molecule has 1 atom stereocenters. The molecular weight excluding hydrogens is 574 g/mol. The average Bonchev–Trinajstić information content (AvgIpc) is 2.91. The molecule has 0 aliphatic heterocycles. The first-order chi connectivity index (χ1) is 19.7. The molecule has 0 spiro atoms. The fraction of sp³-hybridized carbons (Fsp3) is 0.375. The van der Waals surface area contributed by atoms with E-state index in [1.54, 1.807) is 24.3 Å². The average molecular weight is 614 g/mol. The van der Waals surface area contributed by atoms with E-state index in [1.165, 1.54) is 30.2 Å². The maximum Gasteiger partial charge on any atom is 0.264 e. The van der Waals surface area contributed by atoms with Gasteiger partial charge in [-0.15, -0.1) is 0 Å². The summed E-state index contributed by atoms with van der Waals surface area (Å²) in [5, 5.41) is 3.25. The van der Waals surface area contributed by atoms with Crippen molar-refractivity contribution in [2.24, 2.45) is 0 Å². The maximum atomic E-state index is 14.3. The smallest absolute Gasteiger partial charge is 0.264 e. The minimum atomic E-state index is -4.26. The number of anilines is 1. The van der Waals surface area contributed by atoms with Crippen molar-refractivity contribution in [1.82, 2.24) is 10.2 Å². The summed E-state index contributed by atoms with van der Waals surface area (Å²) in [5.74, 6) is -0.641. The van der Waals surface area contributed by atoms with E-state index in [0.717, 1.165) is 21.0 Å². The number of sulfonamides is 1. The second kappa shape index (κ2) is 13.6. The van der Waals surface area contributed by atoms with Crippen LogP contribution in [0.2, 0.25) is 5.02 Å². The first-order valence-corrected chi connectivity index (χ1v) is 15.6. The van der Waals surface area contributed by atoms with Crippen molar-refractivity contribution in [2.75, 3.05) is 18.0 Å². The van der Waals surface area contributed by atoms with Gasteiger partial charge in [0.05, 0.1) is 17.7 Å². The van der Waals surface area contributed by atoms with E-state index < -0.39 is 34.1 Å². The third kappa shape index (κ3) is 8.04. The molecular formula is C32H40ClN3O5S. The van der Waals surface area contributed by atoms with Gasteiger partial charge in [0.1, 0.15) is 18.3 Å². The molecule has 0 aromatic heterocycles. The van der Waals surface area contributed by atoms with Gasteiger partial charge in [-0.1, -0.05) is 60.5 Å². The van der Waals surface area contributed by atoms with Crippen LogP contribution < -0.4 is 14.4 Å². The number of hydrogen-bond donors (Lipinski definition) is 1. The van der Waals surface area contributed by atoms with Crippen molar-refractivity contribution in [3.63, 3.8) is 0 Å². The van der Waals surface area contributed by atoms with Crippen LogP contribution in [0, 0.1) is 13.8 Å². The summed E-state index contributed by atoms with van der Waals surface area (Å²) in [7, 11) is -2.85. The van der Waals surface area contributed by atoms with Crippen molar-refractivity contribution < 1.29 is 22.7 Å². The number of aryl methyl sites for hydroxylation is 2. The molecule has 1 unspecified atom stereocenters. The Bertz CT molecular complexity index is 1520. The first-order valence-electron chi connectivity index (χ1n) is 13.8. The van der Waals surface area contributed by atoms with Crippen molar-refractivity contribution in [1.29, 1.82) is 0 Å². The number of methoxy groups -OCH3 is 1. The summed E-state index contributed by atoms with van der Waals surface area (Å²) in [6.07, 6.45) is 0.324. The Hall–Kier alpha value is -3.56. The van der Waals surface area contributed by atoms with Crippen LogP contribution >= 0.6 is 11.6 Å². The number of rotatable bonds is 11. The zero-order chi connectivity index (χ0) is 31.2. The normalized spacial score (nSPS) is 12.4. The van der Waals surface area contributed by atoms with Gasteiger partial charge in [-0.25, -0.2) is 8.42 Å². The molecule has 0 aliphatic rings. The van der Waals surface area contributed by atoms with Crippen LogP contribution in [0.4, 0.5) is 5.69 Å². The van der Waals surface area contributed by atoms with Gasteiger partial charge >= 0.3 is 0 Å². The highest BCUT2D eigenvalue weighted by Gasteiger charge is 2.35. The Morgan fingerprint density at radius 1 is 1.00 bits per heavy atom. The molecule has 0 saturated heterocycles. The lowest BCUT2D eigenvalue weighted by molar-refractivity contribution is -0.141. The minimum absolute atomic E-state index is 0.00546. The number of carbonyl (C=O) groups excluding carboxylic acids is 2. The van der Waals surface area contributed by atoms with Crippen LogP contribution in [0.25, 0.3) is 0 Å². The van der Waals surface area contributed by atoms with Gasteiger partial charge in [-0.05, 0) is 82.5 Å². The molecule has 0 saturated carbocycles. The zero-order valence-electron chi connectivity index (χ0n) is 25.3. The Balaban J connectivity index is 2.15. The summed E-state index contributed by atoms with van der Waals surface area (Å²) in [5.41, 5.74) is 2.26. The fourth-order valence-corrected chi connectivity index (χ4v) is 6.14. The monoisotopic (exact) mass is 613 g/mol. The third-order valence-electron chi connectivity index (χ3n) is 6.78. The van der Waals surface area contributed by atoms with Crippen molar-refractivity contribution >= 4 is 39.1 Å². The number of ether oxygens (including phenoxy) is 1.